The minimum absolute atomic E-state index is 0.231. The largest absolute Gasteiger partial charge is 0.474 e. The Morgan fingerprint density at radius 2 is 1.65 bits per heavy atom. The molecule has 0 unspecified atom stereocenters. The normalized spacial score (nSPS) is 29.4. The van der Waals surface area contributed by atoms with Crippen molar-refractivity contribution in [3.8, 4) is 5.88 Å². The Bertz CT molecular complexity index is 575. The Morgan fingerprint density at radius 1 is 0.957 bits per heavy atom. The summed E-state index contributed by atoms with van der Waals surface area (Å²) in [6.07, 6.45) is 12.9. The molecule has 0 amide bonds. The van der Waals surface area contributed by atoms with E-state index in [4.69, 9.17) is 16.2 Å². The van der Waals surface area contributed by atoms with E-state index < -0.39 is 0 Å². The average Bonchev–Trinajstić information content (AvgIpc) is 3.00. The van der Waals surface area contributed by atoms with E-state index in [1.807, 2.05) is 0 Å². The molecule has 1 aromatic rings. The smallest absolute Gasteiger partial charge is 0.223 e. The highest BCUT2D eigenvalue weighted by atomic mass is 16.5. The van der Waals surface area contributed by atoms with E-state index in [1.165, 1.54) is 49.8 Å². The lowest BCUT2D eigenvalue weighted by Crippen LogP contribution is -2.34. The summed E-state index contributed by atoms with van der Waals surface area (Å²) >= 11 is 0. The maximum absolute atomic E-state index is 6.30. The molecule has 1 aromatic heterocycles. The van der Waals surface area contributed by atoms with Gasteiger partial charge >= 0.3 is 0 Å². The molecule has 3 aliphatic rings. The van der Waals surface area contributed by atoms with Crippen LogP contribution in [-0.4, -0.2) is 22.1 Å². The molecule has 3 aliphatic carbocycles. The maximum atomic E-state index is 6.30. The van der Waals surface area contributed by atoms with Gasteiger partial charge in [0.05, 0.1) is 5.69 Å². The van der Waals surface area contributed by atoms with Gasteiger partial charge in [0.1, 0.15) is 6.10 Å². The zero-order chi connectivity index (χ0) is 15.9. The highest BCUT2D eigenvalue weighted by Gasteiger charge is 2.42. The van der Waals surface area contributed by atoms with Gasteiger partial charge in [-0.25, -0.2) is 4.98 Å². The number of hydrogen-bond donors (Lipinski definition) is 2. The lowest BCUT2D eigenvalue weighted by atomic mass is 9.72. The Hall–Kier alpha value is -1.36. The van der Waals surface area contributed by atoms with Gasteiger partial charge in [-0.15, -0.1) is 0 Å². The van der Waals surface area contributed by atoms with Gasteiger partial charge < -0.3 is 16.2 Å². The molecule has 1 spiro atoms. The number of fused-ring (bicyclic) bond motifs is 2. The van der Waals surface area contributed by atoms with Gasteiger partial charge in [-0.05, 0) is 57.8 Å². The average molecular weight is 316 g/mol. The van der Waals surface area contributed by atoms with Crippen molar-refractivity contribution in [1.82, 2.24) is 9.97 Å². The molecule has 1 heterocycles. The third-order valence-electron chi connectivity index (χ3n) is 6.13. The Morgan fingerprint density at radius 3 is 2.39 bits per heavy atom. The first-order valence-corrected chi connectivity index (χ1v) is 9.25. The van der Waals surface area contributed by atoms with E-state index in [-0.39, 0.29) is 11.5 Å². The first-order chi connectivity index (χ1) is 11.2. The van der Waals surface area contributed by atoms with Crippen molar-refractivity contribution in [2.45, 2.75) is 88.2 Å². The number of nitrogens with two attached hydrogens (primary N) is 2. The predicted molar refractivity (Wildman–Crippen MR) is 90.4 cm³/mol. The van der Waals surface area contributed by atoms with Gasteiger partial charge in [-0.2, -0.15) is 4.98 Å². The molecule has 2 saturated carbocycles. The highest BCUT2D eigenvalue weighted by molar-refractivity contribution is 5.42. The van der Waals surface area contributed by atoms with Crippen molar-refractivity contribution in [2.75, 3.05) is 5.73 Å². The molecule has 5 heteroatoms. The summed E-state index contributed by atoms with van der Waals surface area (Å²) < 4.78 is 6.30. The molecule has 2 fully saturated rings. The summed E-state index contributed by atoms with van der Waals surface area (Å²) in [7, 11) is 0. The highest BCUT2D eigenvalue weighted by Crippen LogP contribution is 2.49. The van der Waals surface area contributed by atoms with Gasteiger partial charge in [0.2, 0.25) is 11.8 Å². The number of nitrogen functional groups attached to an aromatic ring is 1. The monoisotopic (exact) mass is 316 g/mol. The van der Waals surface area contributed by atoms with Gasteiger partial charge in [0.25, 0.3) is 0 Å². The minimum Gasteiger partial charge on any atom is -0.474 e. The Balaban J connectivity index is 1.64. The van der Waals surface area contributed by atoms with Crippen LogP contribution in [0.3, 0.4) is 0 Å². The lowest BCUT2D eigenvalue weighted by molar-refractivity contribution is 0.138. The van der Waals surface area contributed by atoms with Gasteiger partial charge in [-0.1, -0.05) is 12.8 Å². The number of aromatic nitrogens is 2. The van der Waals surface area contributed by atoms with Crippen LogP contribution in [-0.2, 0) is 11.8 Å². The van der Waals surface area contributed by atoms with Crippen LogP contribution in [0.2, 0.25) is 0 Å². The Labute approximate surface area is 138 Å². The predicted octanol–water partition coefficient (Wildman–Crippen LogP) is 2.86. The second kappa shape index (κ2) is 5.93. The van der Waals surface area contributed by atoms with Crippen molar-refractivity contribution in [2.24, 2.45) is 5.73 Å². The summed E-state index contributed by atoms with van der Waals surface area (Å²) in [6, 6.07) is 0.334. The van der Waals surface area contributed by atoms with E-state index in [9.17, 15) is 0 Å². The summed E-state index contributed by atoms with van der Waals surface area (Å²) in [5.41, 5.74) is 14.7. The van der Waals surface area contributed by atoms with Crippen LogP contribution in [0, 0.1) is 0 Å². The third-order valence-corrected chi connectivity index (χ3v) is 6.13. The first kappa shape index (κ1) is 15.2. The van der Waals surface area contributed by atoms with E-state index in [1.54, 1.807) is 0 Å². The number of rotatable bonds is 2. The fourth-order valence-electron chi connectivity index (χ4n) is 4.87. The van der Waals surface area contributed by atoms with Crippen molar-refractivity contribution < 1.29 is 4.74 Å². The summed E-state index contributed by atoms with van der Waals surface area (Å²) in [5.74, 6) is 1.14. The molecule has 0 atom stereocenters. The molecule has 126 valence electrons. The molecule has 5 nitrogen and oxygen atoms in total. The van der Waals surface area contributed by atoms with Crippen LogP contribution in [0.15, 0.2) is 0 Å². The minimum atomic E-state index is 0.231. The van der Waals surface area contributed by atoms with Gasteiger partial charge in [0.15, 0.2) is 0 Å². The van der Waals surface area contributed by atoms with Crippen LogP contribution < -0.4 is 16.2 Å². The number of anilines is 1. The fraction of sp³-hybridized carbons (Fsp3) is 0.778. The van der Waals surface area contributed by atoms with Gasteiger partial charge in [0, 0.05) is 17.0 Å². The topological polar surface area (TPSA) is 87.0 Å². The standard InChI is InChI=1S/C18H28N4O/c19-12-5-7-13(8-6-12)23-16-14-4-3-11-18(9-1-2-10-18)15(14)21-17(20)22-16/h12-13H,1-11,19H2,(H2,20,21,22)/t12-,13+. The Kier molecular flexibility index (Phi) is 3.92. The molecule has 0 aromatic carbocycles. The SMILES string of the molecule is Nc1nc(O[C@H]2CC[C@@H](N)CC2)c2c(n1)C1(CCCC1)CCC2. The number of nitrogens with zero attached hydrogens (tertiary/aromatic N) is 2. The second-order valence-electron chi connectivity index (χ2n) is 7.71. The molecule has 23 heavy (non-hydrogen) atoms. The molecular weight excluding hydrogens is 288 g/mol. The van der Waals surface area contributed by atoms with Crippen molar-refractivity contribution in [1.29, 1.82) is 0 Å². The van der Waals surface area contributed by atoms with Crippen molar-refractivity contribution >= 4 is 5.95 Å². The van der Waals surface area contributed by atoms with E-state index >= 15 is 0 Å². The lowest BCUT2D eigenvalue weighted by Gasteiger charge is -2.36. The molecule has 0 saturated heterocycles. The zero-order valence-electron chi connectivity index (χ0n) is 13.9. The first-order valence-electron chi connectivity index (χ1n) is 9.25. The quantitative estimate of drug-likeness (QED) is 0.876. The van der Waals surface area contributed by atoms with Crippen LogP contribution >= 0.6 is 0 Å². The van der Waals surface area contributed by atoms with Crippen LogP contribution in [0.1, 0.15) is 75.5 Å². The van der Waals surface area contributed by atoms with E-state index in [2.05, 4.69) is 9.97 Å². The molecular formula is C18H28N4O. The fourth-order valence-corrected chi connectivity index (χ4v) is 4.87. The third kappa shape index (κ3) is 2.80. The van der Waals surface area contributed by atoms with E-state index in [0.29, 0.717) is 12.0 Å². The van der Waals surface area contributed by atoms with Crippen LogP contribution in [0.4, 0.5) is 5.95 Å². The van der Waals surface area contributed by atoms with Crippen molar-refractivity contribution in [3.05, 3.63) is 11.3 Å². The zero-order valence-corrected chi connectivity index (χ0v) is 13.9. The molecule has 0 aliphatic heterocycles. The van der Waals surface area contributed by atoms with Crippen molar-refractivity contribution in [3.63, 3.8) is 0 Å². The maximum Gasteiger partial charge on any atom is 0.223 e. The molecule has 0 radical (unpaired) electrons. The molecule has 4 N–H and O–H groups in total. The van der Waals surface area contributed by atoms with E-state index in [0.717, 1.165) is 38.0 Å². The summed E-state index contributed by atoms with van der Waals surface area (Å²) in [4.78, 5) is 9.15. The molecule has 0 bridgehead atoms. The second-order valence-corrected chi connectivity index (χ2v) is 7.71. The summed E-state index contributed by atoms with van der Waals surface area (Å²) in [6.45, 7) is 0. The number of ether oxygens (including phenoxy) is 1. The van der Waals surface area contributed by atoms with Crippen LogP contribution in [0.25, 0.3) is 0 Å². The van der Waals surface area contributed by atoms with Crippen LogP contribution in [0.5, 0.6) is 5.88 Å². The number of hydrogen-bond acceptors (Lipinski definition) is 5. The summed E-state index contributed by atoms with van der Waals surface area (Å²) in [5, 5.41) is 0. The van der Waals surface area contributed by atoms with Gasteiger partial charge in [-0.3, -0.25) is 0 Å². The molecule has 4 rings (SSSR count).